The first kappa shape index (κ1) is 14.0. The first-order valence-electron chi connectivity index (χ1n) is 5.87. The number of rotatable bonds is 4. The Hall–Kier alpha value is -1.02. The lowest BCUT2D eigenvalue weighted by atomic mass is 10.00. The molecule has 0 aliphatic carbocycles. The Bertz CT molecular complexity index is 390. The normalized spacial score (nSPS) is 14.2. The molecule has 0 aliphatic heterocycles. The van der Waals surface area contributed by atoms with Gasteiger partial charge >= 0.3 is 0 Å². The molecule has 0 bridgehead atoms. The minimum absolute atomic E-state index is 0.0539. The van der Waals surface area contributed by atoms with E-state index in [9.17, 15) is 4.79 Å². The van der Waals surface area contributed by atoms with Gasteiger partial charge in [-0.15, -0.1) is 11.6 Å². The Morgan fingerprint density at radius 2 is 1.82 bits per heavy atom. The van der Waals surface area contributed by atoms with Crippen LogP contribution < -0.4 is 5.32 Å². The zero-order valence-electron chi connectivity index (χ0n) is 10.9. The average molecular weight is 254 g/mol. The van der Waals surface area contributed by atoms with Gasteiger partial charge in [0.25, 0.3) is 5.91 Å². The lowest BCUT2D eigenvalue weighted by Gasteiger charge is -2.27. The van der Waals surface area contributed by atoms with E-state index in [1.165, 1.54) is 0 Å². The molecule has 0 aromatic heterocycles. The molecule has 0 saturated heterocycles. The second-order valence-electron chi connectivity index (χ2n) is 4.88. The van der Waals surface area contributed by atoms with Gasteiger partial charge in [0.15, 0.2) is 0 Å². The van der Waals surface area contributed by atoms with Crippen LogP contribution in [0.5, 0.6) is 0 Å². The van der Waals surface area contributed by atoms with Gasteiger partial charge in [-0.2, -0.15) is 0 Å². The second kappa shape index (κ2) is 5.54. The van der Waals surface area contributed by atoms with Crippen LogP contribution in [0.2, 0.25) is 0 Å². The molecule has 0 fully saturated rings. The molecule has 1 rings (SSSR count). The predicted molar refractivity (Wildman–Crippen MR) is 72.8 cm³/mol. The minimum atomic E-state index is -0.337. The summed E-state index contributed by atoms with van der Waals surface area (Å²) in [6.45, 7) is 7.96. The lowest BCUT2D eigenvalue weighted by molar-refractivity contribution is 0.0912. The second-order valence-corrected chi connectivity index (χ2v) is 5.15. The van der Waals surface area contributed by atoms with Gasteiger partial charge in [-0.3, -0.25) is 4.79 Å². The molecule has 3 heteroatoms. The van der Waals surface area contributed by atoms with Crippen LogP contribution in [0.3, 0.4) is 0 Å². The van der Waals surface area contributed by atoms with Crippen molar-refractivity contribution in [2.24, 2.45) is 0 Å². The summed E-state index contributed by atoms with van der Waals surface area (Å²) in [7, 11) is 0. The van der Waals surface area contributed by atoms with Gasteiger partial charge in [-0.25, -0.2) is 0 Å². The van der Waals surface area contributed by atoms with Crippen molar-refractivity contribution in [2.75, 3.05) is 5.88 Å². The summed E-state index contributed by atoms with van der Waals surface area (Å²) in [4.78, 5) is 12.1. The van der Waals surface area contributed by atoms with E-state index in [2.05, 4.69) is 11.4 Å². The van der Waals surface area contributed by atoms with E-state index in [0.717, 1.165) is 17.5 Å². The summed E-state index contributed by atoms with van der Waals surface area (Å²) in [5.74, 6) is 0.363. The molecule has 0 saturated carbocycles. The summed E-state index contributed by atoms with van der Waals surface area (Å²) in [6, 6.07) is 5.84. The maximum atomic E-state index is 12.1. The van der Waals surface area contributed by atoms with Crippen LogP contribution in [-0.4, -0.2) is 17.3 Å². The zero-order chi connectivity index (χ0) is 13.1. The van der Waals surface area contributed by atoms with Gasteiger partial charge in [0.2, 0.25) is 0 Å². The highest BCUT2D eigenvalue weighted by atomic mass is 35.5. The third kappa shape index (κ3) is 3.74. The summed E-state index contributed by atoms with van der Waals surface area (Å²) in [5, 5.41) is 2.99. The van der Waals surface area contributed by atoms with Crippen LogP contribution in [0.15, 0.2) is 18.2 Å². The molecule has 1 aromatic carbocycles. The summed E-state index contributed by atoms with van der Waals surface area (Å²) in [6.07, 6.45) is 0.813. The molecule has 1 unspecified atom stereocenters. The molecule has 1 amide bonds. The summed E-state index contributed by atoms with van der Waals surface area (Å²) < 4.78 is 0. The quantitative estimate of drug-likeness (QED) is 0.819. The van der Waals surface area contributed by atoms with Gasteiger partial charge < -0.3 is 5.32 Å². The third-order valence-electron chi connectivity index (χ3n) is 2.97. The minimum Gasteiger partial charge on any atom is -0.346 e. The van der Waals surface area contributed by atoms with E-state index in [0.29, 0.717) is 11.4 Å². The number of aryl methyl sites for hydroxylation is 2. The van der Waals surface area contributed by atoms with E-state index in [1.807, 2.05) is 39.8 Å². The van der Waals surface area contributed by atoms with Crippen LogP contribution in [0.1, 0.15) is 41.8 Å². The summed E-state index contributed by atoms with van der Waals surface area (Å²) >= 11 is 5.89. The highest BCUT2D eigenvalue weighted by Crippen LogP contribution is 2.14. The van der Waals surface area contributed by atoms with E-state index >= 15 is 0 Å². The van der Waals surface area contributed by atoms with Crippen molar-refractivity contribution in [3.8, 4) is 0 Å². The van der Waals surface area contributed by atoms with Gasteiger partial charge in [0.1, 0.15) is 0 Å². The Labute approximate surface area is 108 Å². The molecular weight excluding hydrogens is 234 g/mol. The van der Waals surface area contributed by atoms with E-state index in [-0.39, 0.29) is 11.4 Å². The van der Waals surface area contributed by atoms with Gasteiger partial charge in [-0.05, 0) is 39.3 Å². The highest BCUT2D eigenvalue weighted by Gasteiger charge is 2.23. The largest absolute Gasteiger partial charge is 0.346 e. The zero-order valence-corrected chi connectivity index (χ0v) is 11.7. The first-order chi connectivity index (χ1) is 7.90. The number of hydrogen-bond acceptors (Lipinski definition) is 1. The smallest absolute Gasteiger partial charge is 0.251 e. The van der Waals surface area contributed by atoms with Gasteiger partial charge in [-0.1, -0.05) is 24.1 Å². The van der Waals surface area contributed by atoms with Crippen molar-refractivity contribution < 1.29 is 4.79 Å². The molecule has 0 radical (unpaired) electrons. The monoisotopic (exact) mass is 253 g/mol. The number of halogens is 1. The maximum Gasteiger partial charge on any atom is 0.251 e. The molecule has 2 nitrogen and oxygen atoms in total. The fraction of sp³-hybridized carbons (Fsp3) is 0.500. The van der Waals surface area contributed by atoms with Crippen molar-refractivity contribution in [3.05, 3.63) is 34.9 Å². The van der Waals surface area contributed by atoms with Crippen LogP contribution in [0.4, 0.5) is 0 Å². The number of hydrogen-bond donors (Lipinski definition) is 1. The van der Waals surface area contributed by atoms with Crippen molar-refractivity contribution in [3.63, 3.8) is 0 Å². The average Bonchev–Trinajstić information content (AvgIpc) is 2.27. The van der Waals surface area contributed by atoms with E-state index < -0.39 is 0 Å². The number of benzene rings is 1. The molecular formula is C14H20ClNO. The van der Waals surface area contributed by atoms with Gasteiger partial charge in [0.05, 0.1) is 5.54 Å². The van der Waals surface area contributed by atoms with Crippen molar-refractivity contribution in [2.45, 2.75) is 39.7 Å². The molecule has 0 heterocycles. The molecule has 1 aromatic rings. The Kier molecular flexibility index (Phi) is 4.58. The van der Waals surface area contributed by atoms with Crippen molar-refractivity contribution in [1.29, 1.82) is 0 Å². The Balaban J connectivity index is 2.90. The van der Waals surface area contributed by atoms with Crippen LogP contribution in [0.25, 0.3) is 0 Å². The third-order valence-corrected chi connectivity index (χ3v) is 3.56. The lowest BCUT2D eigenvalue weighted by Crippen LogP contribution is -2.47. The SMILES string of the molecule is CCC(C)(CCl)NC(=O)c1cc(C)cc(C)c1. The standard InChI is InChI=1S/C14H20ClNO/c1-5-14(4,9-15)16-13(17)12-7-10(2)6-11(3)8-12/h6-8H,5,9H2,1-4H3,(H,16,17). The number of alkyl halides is 1. The topological polar surface area (TPSA) is 29.1 Å². The van der Waals surface area contributed by atoms with Crippen LogP contribution >= 0.6 is 11.6 Å². The van der Waals surface area contributed by atoms with E-state index in [4.69, 9.17) is 11.6 Å². The maximum absolute atomic E-state index is 12.1. The molecule has 0 aliphatic rings. The molecule has 94 valence electrons. The van der Waals surface area contributed by atoms with Crippen molar-refractivity contribution in [1.82, 2.24) is 5.32 Å². The fourth-order valence-electron chi connectivity index (χ4n) is 1.67. The van der Waals surface area contributed by atoms with Crippen molar-refractivity contribution >= 4 is 17.5 Å². The molecule has 0 spiro atoms. The number of carbonyl (C=O) groups excluding carboxylic acids is 1. The number of amides is 1. The van der Waals surface area contributed by atoms with Crippen LogP contribution in [0, 0.1) is 13.8 Å². The summed E-state index contributed by atoms with van der Waals surface area (Å²) in [5.41, 5.74) is 2.56. The van der Waals surface area contributed by atoms with Crippen LogP contribution in [-0.2, 0) is 0 Å². The highest BCUT2D eigenvalue weighted by molar-refractivity contribution is 6.18. The molecule has 17 heavy (non-hydrogen) atoms. The Morgan fingerprint density at radius 1 is 1.29 bits per heavy atom. The molecule has 1 atom stereocenters. The van der Waals surface area contributed by atoms with E-state index in [1.54, 1.807) is 0 Å². The predicted octanol–water partition coefficient (Wildman–Crippen LogP) is 3.44. The van der Waals surface area contributed by atoms with Gasteiger partial charge in [0, 0.05) is 11.4 Å². The molecule has 1 N–H and O–H groups in total. The Morgan fingerprint density at radius 3 is 2.24 bits per heavy atom. The fourth-order valence-corrected chi connectivity index (χ4v) is 1.92. The first-order valence-corrected chi connectivity index (χ1v) is 6.40. The number of carbonyl (C=O) groups is 1. The number of nitrogens with one attached hydrogen (secondary N) is 1.